The number of aromatic nitrogens is 3. The van der Waals surface area contributed by atoms with Crippen molar-refractivity contribution in [2.75, 3.05) is 0 Å². The largest absolute Gasteiger partial charge is 0.322 e. The van der Waals surface area contributed by atoms with Crippen LogP contribution in [0.4, 0.5) is 0 Å². The third kappa shape index (κ3) is 1.10. The summed E-state index contributed by atoms with van der Waals surface area (Å²) in [6.45, 7) is 1.87. The summed E-state index contributed by atoms with van der Waals surface area (Å²) in [4.78, 5) is 0. The van der Waals surface area contributed by atoms with Gasteiger partial charge >= 0.3 is 0 Å². The number of nitrogens with one attached hydrogen (secondary N) is 1. The lowest BCUT2D eigenvalue weighted by atomic mass is 10.3. The number of nitrogens with zero attached hydrogens (tertiary/aromatic N) is 2. The van der Waals surface area contributed by atoms with E-state index in [2.05, 4.69) is 10.2 Å². The van der Waals surface area contributed by atoms with E-state index in [0.717, 1.165) is 5.82 Å². The van der Waals surface area contributed by atoms with Crippen LogP contribution in [0.5, 0.6) is 0 Å². The van der Waals surface area contributed by atoms with E-state index in [1.54, 1.807) is 4.57 Å². The molecule has 0 amide bonds. The highest BCUT2D eigenvalue weighted by molar-refractivity contribution is 7.71. The Morgan fingerprint density at radius 3 is 2.60 bits per heavy atom. The van der Waals surface area contributed by atoms with E-state index in [1.165, 1.54) is 0 Å². The maximum absolute atomic E-state index is 5.58. The molecule has 1 atom stereocenters. The van der Waals surface area contributed by atoms with E-state index >= 15 is 0 Å². The van der Waals surface area contributed by atoms with Gasteiger partial charge in [0.25, 0.3) is 0 Å². The van der Waals surface area contributed by atoms with Crippen molar-refractivity contribution in [3.63, 3.8) is 0 Å². The van der Waals surface area contributed by atoms with Gasteiger partial charge in [-0.15, -0.1) is 0 Å². The number of aromatic amines is 1. The summed E-state index contributed by atoms with van der Waals surface area (Å²) in [7, 11) is 1.84. The van der Waals surface area contributed by atoms with Crippen LogP contribution in [0.1, 0.15) is 18.8 Å². The van der Waals surface area contributed by atoms with E-state index in [0.29, 0.717) is 4.77 Å². The first kappa shape index (κ1) is 7.43. The lowest BCUT2D eigenvalue weighted by Gasteiger charge is -2.01. The van der Waals surface area contributed by atoms with Crippen molar-refractivity contribution >= 4 is 12.2 Å². The summed E-state index contributed by atoms with van der Waals surface area (Å²) in [5, 5.41) is 6.59. The van der Waals surface area contributed by atoms with E-state index < -0.39 is 0 Å². The van der Waals surface area contributed by atoms with Gasteiger partial charge in [-0.3, -0.25) is 5.10 Å². The van der Waals surface area contributed by atoms with Crippen LogP contribution < -0.4 is 5.73 Å². The van der Waals surface area contributed by atoms with E-state index in [-0.39, 0.29) is 6.04 Å². The fraction of sp³-hybridized carbons (Fsp3) is 0.600. The molecule has 1 heterocycles. The Labute approximate surface area is 64.1 Å². The van der Waals surface area contributed by atoms with Gasteiger partial charge in [0.15, 0.2) is 4.77 Å². The van der Waals surface area contributed by atoms with Gasteiger partial charge in [0.2, 0.25) is 0 Å². The van der Waals surface area contributed by atoms with Crippen LogP contribution >= 0.6 is 12.2 Å². The maximum atomic E-state index is 5.58. The molecule has 0 aliphatic heterocycles. The first-order valence-electron chi connectivity index (χ1n) is 3.00. The van der Waals surface area contributed by atoms with Gasteiger partial charge in [-0.2, -0.15) is 5.10 Å². The molecule has 1 unspecified atom stereocenters. The topological polar surface area (TPSA) is 59.6 Å². The first-order valence-corrected chi connectivity index (χ1v) is 3.40. The minimum absolute atomic E-state index is 0.0713. The molecule has 0 spiro atoms. The second-order valence-corrected chi connectivity index (χ2v) is 2.62. The highest BCUT2D eigenvalue weighted by atomic mass is 32.1. The molecule has 0 aromatic carbocycles. The van der Waals surface area contributed by atoms with Gasteiger partial charge in [-0.1, -0.05) is 0 Å². The highest BCUT2D eigenvalue weighted by Crippen LogP contribution is 2.03. The van der Waals surface area contributed by atoms with Gasteiger partial charge in [-0.05, 0) is 19.1 Å². The van der Waals surface area contributed by atoms with Crippen molar-refractivity contribution in [1.82, 2.24) is 14.8 Å². The van der Waals surface area contributed by atoms with Gasteiger partial charge in [0, 0.05) is 7.05 Å². The molecule has 3 N–H and O–H groups in total. The van der Waals surface area contributed by atoms with E-state index in [9.17, 15) is 0 Å². The van der Waals surface area contributed by atoms with Crippen molar-refractivity contribution in [1.29, 1.82) is 0 Å². The summed E-state index contributed by atoms with van der Waals surface area (Å²) in [5.74, 6) is 0.782. The van der Waals surface area contributed by atoms with Gasteiger partial charge < -0.3 is 10.3 Å². The molecule has 0 radical (unpaired) electrons. The van der Waals surface area contributed by atoms with Crippen molar-refractivity contribution in [2.24, 2.45) is 12.8 Å². The molecule has 0 saturated carbocycles. The Hall–Kier alpha value is -0.680. The summed E-state index contributed by atoms with van der Waals surface area (Å²) in [6.07, 6.45) is 0. The molecule has 1 aromatic heterocycles. The predicted octanol–water partition coefficient (Wildman–Crippen LogP) is 0.497. The van der Waals surface area contributed by atoms with E-state index in [4.69, 9.17) is 18.0 Å². The Morgan fingerprint density at radius 1 is 1.80 bits per heavy atom. The van der Waals surface area contributed by atoms with Gasteiger partial charge in [0.05, 0.1) is 6.04 Å². The van der Waals surface area contributed by atoms with Crippen molar-refractivity contribution in [2.45, 2.75) is 13.0 Å². The lowest BCUT2D eigenvalue weighted by molar-refractivity contribution is 0.681. The third-order valence-electron chi connectivity index (χ3n) is 1.32. The number of nitrogens with two attached hydrogens (primary N) is 1. The predicted molar refractivity (Wildman–Crippen MR) is 41.0 cm³/mol. The normalized spacial score (nSPS) is 13.5. The van der Waals surface area contributed by atoms with Crippen LogP contribution in [0, 0.1) is 4.77 Å². The Balaban J connectivity index is 3.18. The molecule has 1 rings (SSSR count). The molecule has 0 bridgehead atoms. The number of rotatable bonds is 1. The summed E-state index contributed by atoms with van der Waals surface area (Å²) in [6, 6.07) is -0.0713. The summed E-state index contributed by atoms with van der Waals surface area (Å²) in [5.41, 5.74) is 5.58. The van der Waals surface area contributed by atoms with Gasteiger partial charge in [-0.25, -0.2) is 0 Å². The Kier molecular flexibility index (Phi) is 1.87. The molecule has 56 valence electrons. The van der Waals surface area contributed by atoms with Crippen molar-refractivity contribution in [3.8, 4) is 0 Å². The first-order chi connectivity index (χ1) is 4.63. The molecule has 5 heteroatoms. The lowest BCUT2D eigenvalue weighted by Crippen LogP contribution is -2.11. The second kappa shape index (κ2) is 2.51. The molecule has 0 saturated heterocycles. The SMILES string of the molecule is CC(N)c1n[nH]c(=S)n1C. The fourth-order valence-electron chi connectivity index (χ4n) is 0.766. The van der Waals surface area contributed by atoms with Crippen molar-refractivity contribution in [3.05, 3.63) is 10.6 Å². The standard InChI is InChI=1S/C5H10N4S/c1-3(6)4-7-8-5(10)9(4)2/h3H,6H2,1-2H3,(H,8,10). The Bertz CT molecular complexity index is 271. The van der Waals surface area contributed by atoms with Crippen LogP contribution in [-0.2, 0) is 7.05 Å². The molecule has 4 nitrogen and oxygen atoms in total. The molecule has 10 heavy (non-hydrogen) atoms. The highest BCUT2D eigenvalue weighted by Gasteiger charge is 2.05. The smallest absolute Gasteiger partial charge is 0.194 e. The fourth-order valence-corrected chi connectivity index (χ4v) is 0.906. The molecule has 0 fully saturated rings. The van der Waals surface area contributed by atoms with Crippen LogP contribution in [0.25, 0.3) is 0 Å². The summed E-state index contributed by atoms with van der Waals surface area (Å²) >= 11 is 4.88. The molecule has 1 aromatic rings. The molecule has 0 aliphatic rings. The van der Waals surface area contributed by atoms with Crippen LogP contribution in [0.15, 0.2) is 0 Å². The Morgan fingerprint density at radius 2 is 2.40 bits per heavy atom. The molecular formula is C5H10N4S. The van der Waals surface area contributed by atoms with E-state index in [1.807, 2.05) is 14.0 Å². The number of hydrogen-bond donors (Lipinski definition) is 2. The van der Waals surface area contributed by atoms with Crippen LogP contribution in [0.2, 0.25) is 0 Å². The zero-order chi connectivity index (χ0) is 7.72. The average Bonchev–Trinajstić information content (AvgIpc) is 2.14. The monoisotopic (exact) mass is 158 g/mol. The quantitative estimate of drug-likeness (QED) is 0.585. The zero-order valence-electron chi connectivity index (χ0n) is 5.96. The van der Waals surface area contributed by atoms with Gasteiger partial charge in [0.1, 0.15) is 5.82 Å². The summed E-state index contributed by atoms with van der Waals surface area (Å²) < 4.78 is 2.37. The minimum atomic E-state index is -0.0713. The minimum Gasteiger partial charge on any atom is -0.322 e. The second-order valence-electron chi connectivity index (χ2n) is 2.23. The molecular weight excluding hydrogens is 148 g/mol. The number of H-pyrrole nitrogens is 1. The molecule has 0 aliphatic carbocycles. The van der Waals surface area contributed by atoms with Crippen molar-refractivity contribution < 1.29 is 0 Å². The maximum Gasteiger partial charge on any atom is 0.194 e. The van der Waals surface area contributed by atoms with Crippen LogP contribution in [0.3, 0.4) is 0 Å². The third-order valence-corrected chi connectivity index (χ3v) is 1.69. The number of hydrogen-bond acceptors (Lipinski definition) is 3. The van der Waals surface area contributed by atoms with Crippen LogP contribution in [-0.4, -0.2) is 14.8 Å². The zero-order valence-corrected chi connectivity index (χ0v) is 6.77. The average molecular weight is 158 g/mol.